The van der Waals surface area contributed by atoms with Gasteiger partial charge < -0.3 is 19.9 Å². The van der Waals surface area contributed by atoms with Gasteiger partial charge in [-0.2, -0.15) is 0 Å². The molecule has 2 aliphatic heterocycles. The molecule has 4 heterocycles. The van der Waals surface area contributed by atoms with Crippen LogP contribution in [0.15, 0.2) is 12.7 Å². The van der Waals surface area contributed by atoms with Crippen molar-refractivity contribution in [1.29, 1.82) is 0 Å². The summed E-state index contributed by atoms with van der Waals surface area (Å²) in [6.45, 7) is 13.6. The number of nitrogens with zero attached hydrogens (tertiary/aromatic N) is 4. The van der Waals surface area contributed by atoms with Gasteiger partial charge in [0.15, 0.2) is 17.7 Å². The number of nitrogen functional groups attached to an aromatic ring is 1. The highest BCUT2D eigenvalue weighted by Crippen LogP contribution is 2.52. The van der Waals surface area contributed by atoms with E-state index in [1.54, 1.807) is 6.33 Å². The fraction of sp³-hybridized carbons (Fsp3) is 0.750. The van der Waals surface area contributed by atoms with E-state index < -0.39 is 5.60 Å². The fourth-order valence-electron chi connectivity index (χ4n) is 4.52. The van der Waals surface area contributed by atoms with E-state index in [1.165, 1.54) is 6.33 Å². The van der Waals surface area contributed by atoms with Crippen LogP contribution in [-0.4, -0.2) is 49.5 Å². The summed E-state index contributed by atoms with van der Waals surface area (Å²) in [4.78, 5) is 12.8. The van der Waals surface area contributed by atoms with Crippen molar-refractivity contribution in [2.24, 2.45) is 5.41 Å². The Hall–Kier alpha value is -1.77. The first-order chi connectivity index (χ1) is 13.0. The molecule has 28 heavy (non-hydrogen) atoms. The molecule has 0 aliphatic carbocycles. The maximum atomic E-state index is 6.77. The van der Waals surface area contributed by atoms with Gasteiger partial charge >= 0.3 is 0 Å². The Morgan fingerprint density at radius 2 is 1.96 bits per heavy atom. The number of imidazole rings is 1. The number of nitrogens with two attached hydrogens (primary N) is 1. The van der Waals surface area contributed by atoms with Crippen molar-refractivity contribution in [3.63, 3.8) is 0 Å². The van der Waals surface area contributed by atoms with Crippen LogP contribution in [0.1, 0.15) is 60.6 Å². The molecule has 0 radical (unpaired) electrons. The average Bonchev–Trinajstić information content (AvgIpc) is 3.02. The molecule has 2 bridgehead atoms. The van der Waals surface area contributed by atoms with Crippen molar-refractivity contribution < 1.29 is 14.2 Å². The summed E-state index contributed by atoms with van der Waals surface area (Å²) in [7, 11) is 0. The van der Waals surface area contributed by atoms with Crippen molar-refractivity contribution in [1.82, 2.24) is 19.5 Å². The molecule has 4 atom stereocenters. The van der Waals surface area contributed by atoms with Crippen LogP contribution in [0.2, 0.25) is 0 Å². The highest BCUT2D eigenvalue weighted by molar-refractivity contribution is 5.81. The molecule has 2 N–H and O–H groups in total. The van der Waals surface area contributed by atoms with Crippen molar-refractivity contribution in [2.45, 2.75) is 84.0 Å². The number of aromatic nitrogens is 4. The Morgan fingerprint density at radius 3 is 2.64 bits per heavy atom. The van der Waals surface area contributed by atoms with E-state index in [0.717, 1.165) is 12.8 Å². The monoisotopic (exact) mass is 389 g/mol. The van der Waals surface area contributed by atoms with Crippen LogP contribution in [0.3, 0.4) is 0 Å². The summed E-state index contributed by atoms with van der Waals surface area (Å²) in [5.41, 5.74) is 6.54. The van der Waals surface area contributed by atoms with Crippen molar-refractivity contribution >= 4 is 17.0 Å². The smallest absolute Gasteiger partial charge is 0.167 e. The predicted molar refractivity (Wildman–Crippen MR) is 106 cm³/mol. The molecule has 0 aromatic carbocycles. The molecule has 4 rings (SSSR count). The lowest BCUT2D eigenvalue weighted by molar-refractivity contribution is -0.195. The molecule has 2 aromatic rings. The quantitative estimate of drug-likeness (QED) is 0.861. The van der Waals surface area contributed by atoms with Gasteiger partial charge in [-0.05, 0) is 32.6 Å². The molecule has 154 valence electrons. The minimum atomic E-state index is -0.422. The molecule has 2 fully saturated rings. The molecular formula is C20H31N5O3. The second kappa shape index (κ2) is 6.37. The van der Waals surface area contributed by atoms with E-state index in [1.807, 2.05) is 4.57 Å². The molecule has 2 saturated heterocycles. The second-order valence-electron chi connectivity index (χ2n) is 10.1. The van der Waals surface area contributed by atoms with Crippen molar-refractivity contribution in [3.05, 3.63) is 12.7 Å². The van der Waals surface area contributed by atoms with Crippen molar-refractivity contribution in [3.8, 4) is 0 Å². The predicted octanol–water partition coefficient (Wildman–Crippen LogP) is 3.08. The first-order valence-electron chi connectivity index (χ1n) is 9.89. The number of anilines is 1. The Kier molecular flexibility index (Phi) is 4.44. The largest absolute Gasteiger partial charge is 0.382 e. The molecule has 8 nitrogen and oxygen atoms in total. The van der Waals surface area contributed by atoms with Crippen LogP contribution in [0.5, 0.6) is 0 Å². The Morgan fingerprint density at radius 1 is 1.21 bits per heavy atom. The van der Waals surface area contributed by atoms with Crippen LogP contribution >= 0.6 is 0 Å². The summed E-state index contributed by atoms with van der Waals surface area (Å²) in [6, 6.07) is 0. The third-order valence-electron chi connectivity index (χ3n) is 5.26. The van der Waals surface area contributed by atoms with Crippen LogP contribution in [0.25, 0.3) is 11.2 Å². The molecule has 0 saturated carbocycles. The minimum Gasteiger partial charge on any atom is -0.382 e. The lowest BCUT2D eigenvalue weighted by atomic mass is 9.76. The van der Waals surface area contributed by atoms with E-state index in [2.05, 4.69) is 56.5 Å². The maximum absolute atomic E-state index is 6.77. The lowest BCUT2D eigenvalue weighted by Gasteiger charge is -2.44. The summed E-state index contributed by atoms with van der Waals surface area (Å²) in [5.74, 6) is 0.359. The van der Waals surface area contributed by atoms with Gasteiger partial charge in [0.1, 0.15) is 29.7 Å². The normalized spacial score (nSPS) is 30.9. The van der Waals surface area contributed by atoms with Crippen LogP contribution < -0.4 is 5.73 Å². The highest BCUT2D eigenvalue weighted by atomic mass is 16.6. The van der Waals surface area contributed by atoms with E-state index in [4.69, 9.17) is 19.9 Å². The number of hydrogen-bond donors (Lipinski definition) is 1. The average molecular weight is 390 g/mol. The lowest BCUT2D eigenvalue weighted by Crippen LogP contribution is -2.54. The maximum Gasteiger partial charge on any atom is 0.167 e. The van der Waals surface area contributed by atoms with Crippen LogP contribution in [0, 0.1) is 5.41 Å². The number of rotatable bonds is 3. The van der Waals surface area contributed by atoms with Gasteiger partial charge in [-0.1, -0.05) is 20.8 Å². The first-order valence-corrected chi connectivity index (χ1v) is 9.89. The Labute approximate surface area is 165 Å². The molecule has 2 aliphatic rings. The molecular weight excluding hydrogens is 358 g/mol. The third kappa shape index (κ3) is 3.38. The van der Waals surface area contributed by atoms with Gasteiger partial charge in [-0.15, -0.1) is 0 Å². The standard InChI is InChI=1S/C20H31N5O3/c1-18(2,3)9-20-7-8-26-13(14(20)27-19(4,5)6)17(28-20)25-11-24-12-15(21)22-10-23-16(12)25/h10-11,13-14,17H,7-9H2,1-6H3,(H2,21,22,23)/t13-,14?,17+,20+/m0/s1. The SMILES string of the molecule is CC(C)(C)C[C@]12CCO[C@@H](C1OC(C)(C)C)[C@H](n1cnc3c(N)ncnc31)O2. The summed E-state index contributed by atoms with van der Waals surface area (Å²) >= 11 is 0. The zero-order valence-electron chi connectivity index (χ0n) is 17.6. The number of ether oxygens (including phenoxy) is 3. The molecule has 0 amide bonds. The van der Waals surface area contributed by atoms with E-state index >= 15 is 0 Å². The molecule has 1 unspecified atom stereocenters. The van der Waals surface area contributed by atoms with E-state index in [9.17, 15) is 0 Å². The zero-order valence-corrected chi connectivity index (χ0v) is 17.6. The molecule has 2 aromatic heterocycles. The summed E-state index contributed by atoms with van der Waals surface area (Å²) < 4.78 is 21.4. The van der Waals surface area contributed by atoms with Gasteiger partial charge in [0.25, 0.3) is 0 Å². The molecule has 0 spiro atoms. The fourth-order valence-corrected chi connectivity index (χ4v) is 4.52. The van der Waals surface area contributed by atoms with Gasteiger partial charge in [-0.3, -0.25) is 4.57 Å². The minimum absolute atomic E-state index is 0.0832. The van der Waals surface area contributed by atoms with Crippen LogP contribution in [0.4, 0.5) is 5.82 Å². The Balaban J connectivity index is 1.78. The summed E-state index contributed by atoms with van der Waals surface area (Å²) in [5, 5.41) is 0. The second-order valence-corrected chi connectivity index (χ2v) is 10.1. The summed E-state index contributed by atoms with van der Waals surface area (Å²) in [6.07, 6.45) is 4.03. The van der Waals surface area contributed by atoms with Gasteiger partial charge in [0.05, 0.1) is 18.5 Å². The Bertz CT molecular complexity index is 869. The first kappa shape index (κ1) is 19.5. The highest BCUT2D eigenvalue weighted by Gasteiger charge is 2.61. The van der Waals surface area contributed by atoms with Gasteiger partial charge in [0, 0.05) is 6.42 Å². The zero-order chi connectivity index (χ0) is 20.3. The third-order valence-corrected chi connectivity index (χ3v) is 5.26. The number of hydrogen-bond acceptors (Lipinski definition) is 7. The van der Waals surface area contributed by atoms with Crippen LogP contribution in [-0.2, 0) is 14.2 Å². The van der Waals surface area contributed by atoms with Crippen molar-refractivity contribution in [2.75, 3.05) is 12.3 Å². The van der Waals surface area contributed by atoms with Gasteiger partial charge in [0.2, 0.25) is 0 Å². The molecule has 8 heteroatoms. The number of fused-ring (bicyclic) bond motifs is 3. The van der Waals surface area contributed by atoms with E-state index in [-0.39, 0.29) is 29.5 Å². The van der Waals surface area contributed by atoms with Gasteiger partial charge in [-0.25, -0.2) is 15.0 Å². The van der Waals surface area contributed by atoms with E-state index in [0.29, 0.717) is 23.6 Å². The topological polar surface area (TPSA) is 97.3 Å².